The Kier molecular flexibility index (Phi) is 6.72. The molecule has 0 aliphatic heterocycles. The summed E-state index contributed by atoms with van der Waals surface area (Å²) in [6, 6.07) is 9.41. The third-order valence-corrected chi connectivity index (χ3v) is 3.53. The van der Waals surface area contributed by atoms with Crippen LogP contribution >= 0.6 is 0 Å². The van der Waals surface area contributed by atoms with Crippen LogP contribution in [-0.4, -0.2) is 30.1 Å². The normalized spacial score (nSPS) is 13.2. The van der Waals surface area contributed by atoms with Crippen molar-refractivity contribution in [1.82, 2.24) is 5.32 Å². The monoisotopic (exact) mass is 293 g/mol. The molecule has 5 nitrogen and oxygen atoms in total. The molecule has 0 heterocycles. The first-order valence-electron chi connectivity index (χ1n) is 7.16. The summed E-state index contributed by atoms with van der Waals surface area (Å²) in [5.74, 6) is -0.257. The fourth-order valence-corrected chi connectivity index (χ4v) is 1.67. The maximum absolute atomic E-state index is 11.7. The summed E-state index contributed by atoms with van der Waals surface area (Å²) < 4.78 is 5.49. The molecular weight excluding hydrogens is 270 g/mol. The summed E-state index contributed by atoms with van der Waals surface area (Å²) in [7, 11) is 0. The second-order valence-electron chi connectivity index (χ2n) is 5.26. The summed E-state index contributed by atoms with van der Waals surface area (Å²) >= 11 is 0. The minimum Gasteiger partial charge on any atom is -0.494 e. The Labute approximate surface area is 125 Å². The Bertz CT molecular complexity index is 461. The Balaban J connectivity index is 2.21. The van der Waals surface area contributed by atoms with Gasteiger partial charge in [-0.15, -0.1) is 0 Å². The third-order valence-electron chi connectivity index (χ3n) is 3.53. The number of aliphatic carboxylic acids is 1. The molecule has 0 aliphatic rings. The van der Waals surface area contributed by atoms with Crippen molar-refractivity contribution >= 4 is 11.9 Å². The van der Waals surface area contributed by atoms with Gasteiger partial charge in [0.15, 0.2) is 0 Å². The van der Waals surface area contributed by atoms with Gasteiger partial charge >= 0.3 is 5.97 Å². The smallest absolute Gasteiger partial charge is 0.311 e. The molecule has 1 aromatic carbocycles. The lowest BCUT2D eigenvalue weighted by molar-refractivity contribution is -0.148. The Morgan fingerprint density at radius 1 is 1.29 bits per heavy atom. The van der Waals surface area contributed by atoms with Gasteiger partial charge in [0.1, 0.15) is 5.75 Å². The van der Waals surface area contributed by atoms with Crippen LogP contribution < -0.4 is 10.1 Å². The highest BCUT2D eigenvalue weighted by atomic mass is 16.5. The van der Waals surface area contributed by atoms with E-state index in [0.29, 0.717) is 25.9 Å². The lowest BCUT2D eigenvalue weighted by Gasteiger charge is -2.23. The largest absolute Gasteiger partial charge is 0.494 e. The highest BCUT2D eigenvalue weighted by molar-refractivity contribution is 5.78. The van der Waals surface area contributed by atoms with Crippen LogP contribution in [0.5, 0.6) is 5.75 Å². The lowest BCUT2D eigenvalue weighted by Crippen LogP contribution is -2.40. The van der Waals surface area contributed by atoms with Gasteiger partial charge in [-0.05, 0) is 31.9 Å². The SMILES string of the molecule is CCC(C)(CNC(=O)CCCOc1ccccc1)C(=O)O. The van der Waals surface area contributed by atoms with Gasteiger partial charge in [-0.2, -0.15) is 0 Å². The molecular formula is C16H23NO4. The quantitative estimate of drug-likeness (QED) is 0.686. The molecule has 0 aliphatic carbocycles. The second-order valence-corrected chi connectivity index (χ2v) is 5.26. The molecule has 0 saturated carbocycles. The number of carboxylic acid groups (broad SMARTS) is 1. The molecule has 21 heavy (non-hydrogen) atoms. The van der Waals surface area contributed by atoms with Crippen molar-refractivity contribution in [1.29, 1.82) is 0 Å². The van der Waals surface area contributed by atoms with Crippen LogP contribution in [0.4, 0.5) is 0 Å². The number of para-hydroxylation sites is 1. The molecule has 2 N–H and O–H groups in total. The number of rotatable bonds is 9. The van der Waals surface area contributed by atoms with E-state index in [2.05, 4.69) is 5.32 Å². The van der Waals surface area contributed by atoms with E-state index >= 15 is 0 Å². The van der Waals surface area contributed by atoms with E-state index in [0.717, 1.165) is 5.75 Å². The average molecular weight is 293 g/mol. The van der Waals surface area contributed by atoms with Gasteiger partial charge in [0, 0.05) is 13.0 Å². The number of carbonyl (C=O) groups excluding carboxylic acids is 1. The van der Waals surface area contributed by atoms with E-state index in [-0.39, 0.29) is 12.5 Å². The summed E-state index contributed by atoms with van der Waals surface area (Å²) in [5.41, 5.74) is -0.907. The number of ether oxygens (including phenoxy) is 1. The van der Waals surface area contributed by atoms with E-state index in [4.69, 9.17) is 9.84 Å². The highest BCUT2D eigenvalue weighted by Crippen LogP contribution is 2.19. The van der Waals surface area contributed by atoms with Crippen LogP contribution in [0, 0.1) is 5.41 Å². The second kappa shape index (κ2) is 8.29. The fraction of sp³-hybridized carbons (Fsp3) is 0.500. The molecule has 1 unspecified atom stereocenters. The highest BCUT2D eigenvalue weighted by Gasteiger charge is 2.31. The Morgan fingerprint density at radius 3 is 2.52 bits per heavy atom. The molecule has 5 heteroatoms. The summed E-state index contributed by atoms with van der Waals surface area (Å²) in [5, 5.41) is 11.8. The number of amides is 1. The molecule has 0 fully saturated rings. The lowest BCUT2D eigenvalue weighted by atomic mass is 9.88. The molecule has 0 spiro atoms. The van der Waals surface area contributed by atoms with Crippen molar-refractivity contribution in [3.05, 3.63) is 30.3 Å². The van der Waals surface area contributed by atoms with E-state index in [1.165, 1.54) is 0 Å². The number of nitrogens with one attached hydrogen (secondary N) is 1. The molecule has 116 valence electrons. The number of carboxylic acids is 1. The number of benzene rings is 1. The minimum atomic E-state index is -0.907. The van der Waals surface area contributed by atoms with Crippen molar-refractivity contribution in [3.63, 3.8) is 0 Å². The first-order valence-corrected chi connectivity index (χ1v) is 7.16. The molecule has 0 aromatic heterocycles. The van der Waals surface area contributed by atoms with Gasteiger partial charge in [-0.25, -0.2) is 0 Å². The van der Waals surface area contributed by atoms with Crippen LogP contribution in [0.3, 0.4) is 0 Å². The van der Waals surface area contributed by atoms with E-state index < -0.39 is 11.4 Å². The zero-order valence-electron chi connectivity index (χ0n) is 12.6. The Hall–Kier alpha value is -2.04. The van der Waals surface area contributed by atoms with Crippen molar-refractivity contribution in [2.75, 3.05) is 13.2 Å². The molecule has 1 atom stereocenters. The molecule has 0 bridgehead atoms. The van der Waals surface area contributed by atoms with E-state index in [1.807, 2.05) is 30.3 Å². The minimum absolute atomic E-state index is 0.146. The topological polar surface area (TPSA) is 75.6 Å². The van der Waals surface area contributed by atoms with Crippen LogP contribution in [0.15, 0.2) is 30.3 Å². The Morgan fingerprint density at radius 2 is 1.95 bits per heavy atom. The first kappa shape index (κ1) is 17.0. The molecule has 1 rings (SSSR count). The van der Waals surface area contributed by atoms with Crippen molar-refractivity contribution in [2.24, 2.45) is 5.41 Å². The van der Waals surface area contributed by atoms with Gasteiger partial charge in [0.25, 0.3) is 0 Å². The van der Waals surface area contributed by atoms with Crippen molar-refractivity contribution in [2.45, 2.75) is 33.1 Å². The molecule has 0 radical (unpaired) electrons. The van der Waals surface area contributed by atoms with Crippen LogP contribution in [0.1, 0.15) is 33.1 Å². The average Bonchev–Trinajstić information content (AvgIpc) is 2.50. The molecule has 0 saturated heterocycles. The summed E-state index contributed by atoms with van der Waals surface area (Å²) in [6.07, 6.45) is 1.39. The standard InChI is InChI=1S/C16H23NO4/c1-3-16(2,15(19)20)12-17-14(18)10-7-11-21-13-8-5-4-6-9-13/h4-6,8-9H,3,7,10-12H2,1-2H3,(H,17,18)(H,19,20). The van der Waals surface area contributed by atoms with Crippen LogP contribution in [0.25, 0.3) is 0 Å². The van der Waals surface area contributed by atoms with Gasteiger partial charge < -0.3 is 15.2 Å². The van der Waals surface area contributed by atoms with Crippen molar-refractivity contribution in [3.8, 4) is 5.75 Å². The summed E-state index contributed by atoms with van der Waals surface area (Å²) in [6.45, 7) is 4.04. The predicted molar refractivity (Wildman–Crippen MR) is 80.2 cm³/mol. The van der Waals surface area contributed by atoms with Gasteiger partial charge in [0.05, 0.1) is 12.0 Å². The summed E-state index contributed by atoms with van der Waals surface area (Å²) in [4.78, 5) is 22.8. The third kappa shape index (κ3) is 5.85. The van der Waals surface area contributed by atoms with Crippen LogP contribution in [0.2, 0.25) is 0 Å². The first-order chi connectivity index (χ1) is 9.98. The maximum Gasteiger partial charge on any atom is 0.311 e. The van der Waals surface area contributed by atoms with Gasteiger partial charge in [-0.1, -0.05) is 25.1 Å². The number of hydrogen-bond acceptors (Lipinski definition) is 3. The van der Waals surface area contributed by atoms with Crippen molar-refractivity contribution < 1.29 is 19.4 Å². The van der Waals surface area contributed by atoms with E-state index in [9.17, 15) is 9.59 Å². The van der Waals surface area contributed by atoms with Gasteiger partial charge in [0.2, 0.25) is 5.91 Å². The number of hydrogen-bond donors (Lipinski definition) is 2. The molecule has 1 amide bonds. The molecule has 1 aromatic rings. The zero-order chi connectivity index (χ0) is 15.7. The van der Waals surface area contributed by atoms with Crippen LogP contribution in [-0.2, 0) is 9.59 Å². The maximum atomic E-state index is 11.7. The predicted octanol–water partition coefficient (Wildman–Crippen LogP) is 2.46. The van der Waals surface area contributed by atoms with E-state index in [1.54, 1.807) is 13.8 Å². The number of carbonyl (C=O) groups is 2. The fourth-order valence-electron chi connectivity index (χ4n) is 1.67. The zero-order valence-corrected chi connectivity index (χ0v) is 12.6. The van der Waals surface area contributed by atoms with Gasteiger partial charge in [-0.3, -0.25) is 9.59 Å².